The molecule has 3 fully saturated rings. The summed E-state index contributed by atoms with van der Waals surface area (Å²) in [6.07, 6.45) is 5.99. The Morgan fingerprint density at radius 1 is 1.39 bits per heavy atom. The summed E-state index contributed by atoms with van der Waals surface area (Å²) in [5.74, 6) is -0.0470. The Morgan fingerprint density at radius 3 is 3.00 bits per heavy atom. The minimum atomic E-state index is -0.0591. The van der Waals surface area contributed by atoms with Gasteiger partial charge in [0.05, 0.1) is 0 Å². The number of amides is 2. The van der Waals surface area contributed by atoms with Crippen LogP contribution in [0.1, 0.15) is 45.4 Å². The van der Waals surface area contributed by atoms with E-state index in [-0.39, 0.29) is 23.1 Å². The summed E-state index contributed by atoms with van der Waals surface area (Å²) in [7, 11) is 0. The number of nitrogens with one attached hydrogen (secondary N) is 1. The molecule has 4 nitrogen and oxygen atoms in total. The van der Waals surface area contributed by atoms with E-state index >= 15 is 0 Å². The van der Waals surface area contributed by atoms with Gasteiger partial charge in [-0.2, -0.15) is 0 Å². The highest BCUT2D eigenvalue weighted by Crippen LogP contribution is 2.49. The van der Waals surface area contributed by atoms with Crippen molar-refractivity contribution in [2.75, 3.05) is 13.1 Å². The molecule has 0 radical (unpaired) electrons. The van der Waals surface area contributed by atoms with Gasteiger partial charge in [0, 0.05) is 18.4 Å². The average Bonchev–Trinajstić information content (AvgIpc) is 2.75. The van der Waals surface area contributed by atoms with E-state index in [9.17, 15) is 9.59 Å². The van der Waals surface area contributed by atoms with Gasteiger partial charge in [-0.1, -0.05) is 6.92 Å². The molecule has 4 heteroatoms. The molecule has 3 saturated heterocycles. The van der Waals surface area contributed by atoms with Crippen LogP contribution in [-0.2, 0) is 9.59 Å². The Kier molecular flexibility index (Phi) is 2.93. The van der Waals surface area contributed by atoms with E-state index in [2.05, 4.69) is 17.1 Å². The third-order valence-corrected chi connectivity index (χ3v) is 5.28. The highest BCUT2D eigenvalue weighted by molar-refractivity contribution is 5.99. The van der Waals surface area contributed by atoms with Crippen molar-refractivity contribution in [1.29, 1.82) is 0 Å². The molecule has 0 aromatic heterocycles. The predicted molar refractivity (Wildman–Crippen MR) is 67.8 cm³/mol. The number of piperidine rings is 2. The van der Waals surface area contributed by atoms with Crippen LogP contribution in [0.2, 0.25) is 0 Å². The standard InChI is InChI=1S/C14H22N2O2/c1-2-11-13(18)15-12(17)9-14(11)5-7-16-6-3-4-10(16)8-14/h10-11H,2-9H2,1H3,(H,15,17,18). The van der Waals surface area contributed by atoms with Gasteiger partial charge in [0.15, 0.2) is 0 Å². The molecule has 1 N–H and O–H groups in total. The molecule has 3 heterocycles. The molecule has 3 atom stereocenters. The summed E-state index contributed by atoms with van der Waals surface area (Å²) in [6, 6.07) is 0.617. The molecule has 3 aliphatic heterocycles. The first-order valence-electron chi connectivity index (χ1n) is 7.22. The SMILES string of the molecule is CCC1C(=O)NC(=O)CC12CCN1CCCC1C2. The number of hydrogen-bond acceptors (Lipinski definition) is 3. The number of hydrogen-bond donors (Lipinski definition) is 1. The van der Waals surface area contributed by atoms with Gasteiger partial charge in [0.1, 0.15) is 0 Å². The van der Waals surface area contributed by atoms with Crippen molar-refractivity contribution in [2.45, 2.75) is 51.5 Å². The van der Waals surface area contributed by atoms with Gasteiger partial charge in [-0.3, -0.25) is 14.9 Å². The van der Waals surface area contributed by atoms with Crippen molar-refractivity contribution in [3.05, 3.63) is 0 Å². The summed E-state index contributed by atoms with van der Waals surface area (Å²) in [4.78, 5) is 26.4. The highest BCUT2D eigenvalue weighted by Gasteiger charge is 2.51. The molecule has 3 unspecified atom stereocenters. The normalized spacial score (nSPS) is 40.9. The number of carbonyl (C=O) groups excluding carboxylic acids is 2. The average molecular weight is 250 g/mol. The second-order valence-corrected chi connectivity index (χ2v) is 6.20. The summed E-state index contributed by atoms with van der Waals surface area (Å²) in [6.45, 7) is 4.35. The van der Waals surface area contributed by atoms with E-state index in [1.165, 1.54) is 19.4 Å². The Bertz CT molecular complexity index is 382. The van der Waals surface area contributed by atoms with Gasteiger partial charge in [-0.15, -0.1) is 0 Å². The minimum absolute atomic E-state index is 0.0276. The Hall–Kier alpha value is -0.900. The topological polar surface area (TPSA) is 49.4 Å². The minimum Gasteiger partial charge on any atom is -0.300 e. The smallest absolute Gasteiger partial charge is 0.230 e. The molecule has 100 valence electrons. The Morgan fingerprint density at radius 2 is 2.22 bits per heavy atom. The van der Waals surface area contributed by atoms with E-state index in [4.69, 9.17) is 0 Å². The van der Waals surface area contributed by atoms with E-state index < -0.39 is 0 Å². The molecule has 0 saturated carbocycles. The van der Waals surface area contributed by atoms with Gasteiger partial charge in [-0.25, -0.2) is 0 Å². The summed E-state index contributed by atoms with van der Waals surface area (Å²) < 4.78 is 0. The van der Waals surface area contributed by atoms with Gasteiger partial charge in [-0.05, 0) is 50.6 Å². The van der Waals surface area contributed by atoms with Crippen LogP contribution in [0.3, 0.4) is 0 Å². The van der Waals surface area contributed by atoms with Crippen molar-refractivity contribution in [3.63, 3.8) is 0 Å². The van der Waals surface area contributed by atoms with E-state index in [0.717, 1.165) is 25.8 Å². The maximum atomic E-state index is 12.1. The van der Waals surface area contributed by atoms with Crippen LogP contribution in [-0.4, -0.2) is 35.8 Å². The summed E-state index contributed by atoms with van der Waals surface area (Å²) >= 11 is 0. The van der Waals surface area contributed by atoms with Crippen LogP contribution in [0.15, 0.2) is 0 Å². The Balaban J connectivity index is 1.86. The predicted octanol–water partition coefficient (Wildman–Crippen LogP) is 1.30. The molecule has 0 aromatic rings. The lowest BCUT2D eigenvalue weighted by atomic mass is 9.62. The zero-order chi connectivity index (χ0) is 12.8. The first-order valence-corrected chi connectivity index (χ1v) is 7.22. The lowest BCUT2D eigenvalue weighted by molar-refractivity contribution is -0.147. The molecule has 3 rings (SSSR count). The molecule has 0 aromatic carbocycles. The number of rotatable bonds is 1. The van der Waals surface area contributed by atoms with Gasteiger partial charge < -0.3 is 4.90 Å². The van der Waals surface area contributed by atoms with Gasteiger partial charge >= 0.3 is 0 Å². The lowest BCUT2D eigenvalue weighted by Crippen LogP contribution is -2.57. The van der Waals surface area contributed by atoms with Crippen molar-refractivity contribution >= 4 is 11.8 Å². The maximum absolute atomic E-state index is 12.1. The van der Waals surface area contributed by atoms with E-state index in [1.807, 2.05) is 0 Å². The number of fused-ring (bicyclic) bond motifs is 1. The zero-order valence-electron chi connectivity index (χ0n) is 11.1. The molecule has 0 bridgehead atoms. The zero-order valence-corrected chi connectivity index (χ0v) is 11.1. The van der Waals surface area contributed by atoms with Crippen molar-refractivity contribution in [2.24, 2.45) is 11.3 Å². The van der Waals surface area contributed by atoms with Crippen molar-refractivity contribution in [1.82, 2.24) is 10.2 Å². The van der Waals surface area contributed by atoms with Gasteiger partial charge in [0.25, 0.3) is 0 Å². The second-order valence-electron chi connectivity index (χ2n) is 6.20. The molecular formula is C14H22N2O2. The maximum Gasteiger partial charge on any atom is 0.230 e. The number of carbonyl (C=O) groups is 2. The number of imide groups is 1. The molecule has 0 aliphatic carbocycles. The van der Waals surface area contributed by atoms with Crippen LogP contribution in [0.4, 0.5) is 0 Å². The second kappa shape index (κ2) is 4.34. The van der Waals surface area contributed by atoms with Crippen molar-refractivity contribution in [3.8, 4) is 0 Å². The van der Waals surface area contributed by atoms with Crippen LogP contribution >= 0.6 is 0 Å². The third-order valence-electron chi connectivity index (χ3n) is 5.28. The first kappa shape index (κ1) is 12.2. The van der Waals surface area contributed by atoms with E-state index in [0.29, 0.717) is 12.5 Å². The van der Waals surface area contributed by atoms with Crippen LogP contribution in [0, 0.1) is 11.3 Å². The van der Waals surface area contributed by atoms with Crippen molar-refractivity contribution < 1.29 is 9.59 Å². The monoisotopic (exact) mass is 250 g/mol. The fourth-order valence-electron chi connectivity index (χ4n) is 4.44. The van der Waals surface area contributed by atoms with Crippen LogP contribution in [0.25, 0.3) is 0 Å². The highest BCUT2D eigenvalue weighted by atomic mass is 16.2. The number of nitrogens with zero attached hydrogens (tertiary/aromatic N) is 1. The molecule has 3 aliphatic rings. The summed E-state index contributed by atoms with van der Waals surface area (Å²) in [5.41, 5.74) is -0.0420. The van der Waals surface area contributed by atoms with Crippen LogP contribution < -0.4 is 5.32 Å². The van der Waals surface area contributed by atoms with Crippen LogP contribution in [0.5, 0.6) is 0 Å². The molecule has 18 heavy (non-hydrogen) atoms. The quantitative estimate of drug-likeness (QED) is 0.714. The fraction of sp³-hybridized carbons (Fsp3) is 0.857. The lowest BCUT2D eigenvalue weighted by Gasteiger charge is -2.49. The summed E-state index contributed by atoms with van der Waals surface area (Å²) in [5, 5.41) is 2.52. The molecule has 1 spiro atoms. The Labute approximate surface area is 108 Å². The van der Waals surface area contributed by atoms with Gasteiger partial charge in [0.2, 0.25) is 11.8 Å². The molecule has 2 amide bonds. The fourth-order valence-corrected chi connectivity index (χ4v) is 4.44. The first-order chi connectivity index (χ1) is 8.64. The molecular weight excluding hydrogens is 228 g/mol. The van der Waals surface area contributed by atoms with E-state index in [1.54, 1.807) is 0 Å². The largest absolute Gasteiger partial charge is 0.300 e. The third kappa shape index (κ3) is 1.78.